The zero-order valence-corrected chi connectivity index (χ0v) is 16.5. The van der Waals surface area contributed by atoms with E-state index in [0.717, 1.165) is 15.2 Å². The predicted octanol–water partition coefficient (Wildman–Crippen LogP) is 4.98. The topological polar surface area (TPSA) is 65.7 Å². The maximum atomic E-state index is 12.3. The van der Waals surface area contributed by atoms with Crippen LogP contribution in [0.2, 0.25) is 0 Å². The number of rotatable bonds is 5. The summed E-state index contributed by atoms with van der Waals surface area (Å²) in [5.41, 5.74) is 0.510. The third kappa shape index (κ3) is 3.51. The fraction of sp³-hybridized carbons (Fsp3) is 0.0909. The second kappa shape index (κ2) is 7.48. The van der Waals surface area contributed by atoms with E-state index in [0.29, 0.717) is 28.0 Å². The molecule has 3 aromatic carbocycles. The molecule has 0 bridgehead atoms. The Morgan fingerprint density at radius 1 is 0.929 bits per heavy atom. The first kappa shape index (κ1) is 18.3. The first-order chi connectivity index (χ1) is 13.5. The van der Waals surface area contributed by atoms with Crippen molar-refractivity contribution in [2.45, 2.75) is 0 Å². The van der Waals surface area contributed by atoms with Gasteiger partial charge in [-0.3, -0.25) is 4.79 Å². The van der Waals surface area contributed by atoms with Gasteiger partial charge in [-0.05, 0) is 42.5 Å². The van der Waals surface area contributed by atoms with Crippen LogP contribution < -0.4 is 15.1 Å². The zero-order valence-electron chi connectivity index (χ0n) is 14.9. The van der Waals surface area contributed by atoms with Gasteiger partial charge in [-0.2, -0.15) is 0 Å². The SMILES string of the molecule is COc1ccc2c(c1)c(=O)oc1cc(OCC(=O)c3ccc(Br)cc3)ccc12. The maximum Gasteiger partial charge on any atom is 0.344 e. The zero-order chi connectivity index (χ0) is 19.7. The van der Waals surface area contributed by atoms with Gasteiger partial charge in [0.25, 0.3) is 0 Å². The molecule has 6 heteroatoms. The number of carbonyl (C=O) groups is 1. The number of fused-ring (bicyclic) bond motifs is 3. The minimum absolute atomic E-state index is 0.109. The Bertz CT molecular complexity index is 1240. The van der Waals surface area contributed by atoms with Gasteiger partial charge in [0.1, 0.15) is 17.1 Å². The van der Waals surface area contributed by atoms with E-state index in [-0.39, 0.29) is 12.4 Å². The quantitative estimate of drug-likeness (QED) is 0.249. The first-order valence-electron chi connectivity index (χ1n) is 8.51. The molecule has 0 atom stereocenters. The molecule has 4 rings (SSSR count). The average molecular weight is 439 g/mol. The third-order valence-electron chi connectivity index (χ3n) is 4.43. The van der Waals surface area contributed by atoms with Gasteiger partial charge in [0.15, 0.2) is 12.4 Å². The Morgan fingerprint density at radius 3 is 2.39 bits per heavy atom. The van der Waals surface area contributed by atoms with Crippen molar-refractivity contribution in [3.8, 4) is 11.5 Å². The van der Waals surface area contributed by atoms with E-state index >= 15 is 0 Å². The molecule has 0 saturated heterocycles. The van der Waals surface area contributed by atoms with Crippen LogP contribution >= 0.6 is 15.9 Å². The number of methoxy groups -OCH3 is 1. The standard InChI is InChI=1S/C22H15BrO5/c1-26-15-6-8-17-18-9-7-16(11-21(18)28-22(25)19(17)10-15)27-12-20(24)13-2-4-14(23)5-3-13/h2-11H,12H2,1H3. The summed E-state index contributed by atoms with van der Waals surface area (Å²) in [7, 11) is 1.54. The van der Waals surface area contributed by atoms with Gasteiger partial charge in [0.2, 0.25) is 0 Å². The molecule has 1 aromatic heterocycles. The van der Waals surface area contributed by atoms with Crippen molar-refractivity contribution < 1.29 is 18.7 Å². The molecule has 0 unspecified atom stereocenters. The Kier molecular flexibility index (Phi) is 4.88. The number of benzene rings is 3. The summed E-state index contributed by atoms with van der Waals surface area (Å²) in [6.45, 7) is -0.109. The number of ketones is 1. The molecule has 0 amide bonds. The van der Waals surface area contributed by atoms with E-state index < -0.39 is 5.63 Å². The van der Waals surface area contributed by atoms with Crippen LogP contribution in [0.1, 0.15) is 10.4 Å². The van der Waals surface area contributed by atoms with Gasteiger partial charge in [-0.25, -0.2) is 4.79 Å². The van der Waals surface area contributed by atoms with E-state index in [1.807, 2.05) is 12.1 Å². The van der Waals surface area contributed by atoms with Gasteiger partial charge in [0.05, 0.1) is 12.5 Å². The number of hydrogen-bond acceptors (Lipinski definition) is 5. The summed E-state index contributed by atoms with van der Waals surface area (Å²) in [4.78, 5) is 24.6. The van der Waals surface area contributed by atoms with Crippen molar-refractivity contribution in [3.05, 3.63) is 81.1 Å². The fourth-order valence-electron chi connectivity index (χ4n) is 2.98. The van der Waals surface area contributed by atoms with Crippen LogP contribution in [0.4, 0.5) is 0 Å². The number of ether oxygens (including phenoxy) is 2. The minimum Gasteiger partial charge on any atom is -0.497 e. The lowest BCUT2D eigenvalue weighted by molar-refractivity contribution is 0.0921. The van der Waals surface area contributed by atoms with Crippen LogP contribution in [0, 0.1) is 0 Å². The van der Waals surface area contributed by atoms with Crippen molar-refractivity contribution >= 4 is 43.5 Å². The molecule has 0 N–H and O–H groups in total. The normalized spacial score (nSPS) is 10.9. The second-order valence-electron chi connectivity index (χ2n) is 6.18. The molecule has 0 spiro atoms. The number of halogens is 1. The molecule has 0 aliphatic heterocycles. The lowest BCUT2D eigenvalue weighted by Gasteiger charge is -2.08. The molecule has 0 aliphatic rings. The first-order valence-corrected chi connectivity index (χ1v) is 9.30. The van der Waals surface area contributed by atoms with E-state index in [2.05, 4.69) is 15.9 Å². The predicted molar refractivity (Wildman–Crippen MR) is 111 cm³/mol. The molecule has 140 valence electrons. The van der Waals surface area contributed by atoms with Gasteiger partial charge >= 0.3 is 5.63 Å². The van der Waals surface area contributed by atoms with Gasteiger partial charge < -0.3 is 13.9 Å². The molecule has 1 heterocycles. The largest absolute Gasteiger partial charge is 0.497 e. The lowest BCUT2D eigenvalue weighted by atomic mass is 10.1. The van der Waals surface area contributed by atoms with Crippen LogP contribution in [0.5, 0.6) is 11.5 Å². The van der Waals surface area contributed by atoms with E-state index in [1.54, 1.807) is 55.6 Å². The molecule has 28 heavy (non-hydrogen) atoms. The average Bonchev–Trinajstić information content (AvgIpc) is 2.72. The summed E-state index contributed by atoms with van der Waals surface area (Å²) in [5, 5.41) is 2.00. The Labute approximate surface area is 168 Å². The summed E-state index contributed by atoms with van der Waals surface area (Å²) >= 11 is 3.34. The summed E-state index contributed by atoms with van der Waals surface area (Å²) < 4.78 is 17.1. The van der Waals surface area contributed by atoms with Gasteiger partial charge in [-0.1, -0.05) is 28.1 Å². The summed E-state index contributed by atoms with van der Waals surface area (Å²) in [6, 6.07) is 17.5. The smallest absolute Gasteiger partial charge is 0.344 e. The highest BCUT2D eigenvalue weighted by Crippen LogP contribution is 2.28. The number of hydrogen-bond donors (Lipinski definition) is 0. The van der Waals surface area contributed by atoms with Crippen LogP contribution in [0.25, 0.3) is 21.7 Å². The monoisotopic (exact) mass is 438 g/mol. The fourth-order valence-corrected chi connectivity index (χ4v) is 3.24. The van der Waals surface area contributed by atoms with Crippen LogP contribution in [0.3, 0.4) is 0 Å². The van der Waals surface area contributed by atoms with Crippen molar-refractivity contribution in [1.82, 2.24) is 0 Å². The molecule has 0 aliphatic carbocycles. The number of Topliss-reactive ketones (excluding diaryl/α,β-unsaturated/α-hetero) is 1. The highest BCUT2D eigenvalue weighted by molar-refractivity contribution is 9.10. The van der Waals surface area contributed by atoms with Crippen molar-refractivity contribution in [3.63, 3.8) is 0 Å². The van der Waals surface area contributed by atoms with Crippen LogP contribution in [-0.4, -0.2) is 19.5 Å². The van der Waals surface area contributed by atoms with Crippen LogP contribution in [-0.2, 0) is 0 Å². The molecule has 0 fully saturated rings. The molecule has 5 nitrogen and oxygen atoms in total. The van der Waals surface area contributed by atoms with E-state index in [9.17, 15) is 9.59 Å². The van der Waals surface area contributed by atoms with Crippen molar-refractivity contribution in [2.24, 2.45) is 0 Å². The molecule has 0 radical (unpaired) electrons. The number of carbonyl (C=O) groups excluding carboxylic acids is 1. The van der Waals surface area contributed by atoms with E-state index in [4.69, 9.17) is 13.9 Å². The second-order valence-corrected chi connectivity index (χ2v) is 7.09. The highest BCUT2D eigenvalue weighted by Gasteiger charge is 2.11. The molecule has 4 aromatic rings. The Hall–Kier alpha value is -3.12. The van der Waals surface area contributed by atoms with E-state index in [1.165, 1.54) is 0 Å². The van der Waals surface area contributed by atoms with Gasteiger partial charge in [-0.15, -0.1) is 0 Å². The van der Waals surface area contributed by atoms with Crippen molar-refractivity contribution in [1.29, 1.82) is 0 Å². The highest BCUT2D eigenvalue weighted by atomic mass is 79.9. The molecule has 0 saturated carbocycles. The van der Waals surface area contributed by atoms with Crippen LogP contribution in [0.15, 0.2) is 74.3 Å². The van der Waals surface area contributed by atoms with Gasteiger partial charge in [0, 0.05) is 26.9 Å². The minimum atomic E-state index is -0.454. The summed E-state index contributed by atoms with van der Waals surface area (Å²) in [5.74, 6) is 0.902. The van der Waals surface area contributed by atoms with Crippen molar-refractivity contribution in [2.75, 3.05) is 13.7 Å². The Balaban J connectivity index is 1.62. The summed E-state index contributed by atoms with van der Waals surface area (Å²) in [6.07, 6.45) is 0. The maximum absolute atomic E-state index is 12.3. The molecular formula is C22H15BrO5. The third-order valence-corrected chi connectivity index (χ3v) is 4.96. The Morgan fingerprint density at radius 2 is 1.64 bits per heavy atom. The molecular weight excluding hydrogens is 424 g/mol. The lowest BCUT2D eigenvalue weighted by Crippen LogP contribution is -2.11.